The summed E-state index contributed by atoms with van der Waals surface area (Å²) in [5, 5.41) is 3.35. The van der Waals surface area contributed by atoms with Crippen molar-refractivity contribution in [3.8, 4) is 17.4 Å². The van der Waals surface area contributed by atoms with Gasteiger partial charge in [0, 0.05) is 21.8 Å². The normalized spacial score (nSPS) is 12.7. The molecule has 0 amide bonds. The Kier molecular flexibility index (Phi) is 4.63. The van der Waals surface area contributed by atoms with Crippen LogP contribution in [0.15, 0.2) is 140 Å². The van der Waals surface area contributed by atoms with E-state index >= 15 is 0 Å². The van der Waals surface area contributed by atoms with Crippen molar-refractivity contribution in [2.45, 2.75) is 0 Å². The summed E-state index contributed by atoms with van der Waals surface area (Å²) >= 11 is 0. The maximum absolute atomic E-state index is 6.31. The summed E-state index contributed by atoms with van der Waals surface area (Å²) in [5.41, 5.74) is 8.95. The van der Waals surface area contributed by atoms with Crippen LogP contribution in [0.25, 0.3) is 55.3 Å². The van der Waals surface area contributed by atoms with Gasteiger partial charge in [0.15, 0.2) is 11.5 Å². The molecular weight excluding hydrogens is 542 g/mol. The summed E-state index contributed by atoms with van der Waals surface area (Å²) in [6.45, 7) is 0. The van der Waals surface area contributed by atoms with E-state index < -0.39 is 0 Å². The number of fused-ring (bicyclic) bond motifs is 10. The minimum Gasteiger partial charge on any atom is -0.453 e. The van der Waals surface area contributed by atoms with E-state index in [0.29, 0.717) is 0 Å². The summed E-state index contributed by atoms with van der Waals surface area (Å²) in [7, 11) is 0. The lowest BCUT2D eigenvalue weighted by Crippen LogP contribution is -2.15. The number of anilines is 3. The smallest absolute Gasteiger partial charge is 0.221 e. The van der Waals surface area contributed by atoms with Crippen LogP contribution < -0.4 is 9.64 Å². The molecule has 10 rings (SSSR count). The molecule has 3 aromatic heterocycles. The quantitative estimate of drug-likeness (QED) is 0.209. The first-order valence-corrected chi connectivity index (χ1v) is 14.7. The first-order chi connectivity index (χ1) is 21.8. The van der Waals surface area contributed by atoms with Gasteiger partial charge in [-0.1, -0.05) is 72.8 Å². The number of aromatic nitrogens is 4. The highest BCUT2D eigenvalue weighted by molar-refractivity contribution is 6.11. The molecule has 0 spiro atoms. The lowest BCUT2D eigenvalue weighted by molar-refractivity contribution is 0.477. The predicted molar refractivity (Wildman–Crippen MR) is 177 cm³/mol. The van der Waals surface area contributed by atoms with Crippen molar-refractivity contribution in [2.24, 2.45) is 0 Å². The van der Waals surface area contributed by atoms with E-state index in [-0.39, 0.29) is 0 Å². The van der Waals surface area contributed by atoms with Crippen molar-refractivity contribution < 1.29 is 4.74 Å². The van der Waals surface area contributed by atoms with Crippen LogP contribution in [-0.2, 0) is 0 Å². The van der Waals surface area contributed by atoms with Crippen LogP contribution in [0.2, 0.25) is 0 Å². The van der Waals surface area contributed by atoms with E-state index in [1.807, 2.05) is 42.5 Å². The van der Waals surface area contributed by atoms with E-state index in [0.717, 1.165) is 78.5 Å². The molecule has 0 fully saturated rings. The third-order valence-electron chi connectivity index (χ3n) is 8.67. The molecule has 1 aliphatic heterocycles. The molecule has 1 aliphatic rings. The van der Waals surface area contributed by atoms with Gasteiger partial charge in [0.1, 0.15) is 5.65 Å². The number of rotatable bonds is 2. The van der Waals surface area contributed by atoms with Gasteiger partial charge in [-0.05, 0) is 66.7 Å². The average Bonchev–Trinajstić information content (AvgIpc) is 3.63. The Hall–Kier alpha value is -6.14. The number of nitrogens with zero attached hydrogens (tertiary/aromatic N) is 5. The monoisotopic (exact) mass is 565 g/mol. The fourth-order valence-electron chi connectivity index (χ4n) is 6.77. The second-order valence-electron chi connectivity index (χ2n) is 11.1. The van der Waals surface area contributed by atoms with Crippen LogP contribution >= 0.6 is 0 Å². The number of benzene rings is 6. The fraction of sp³-hybridized carbons (Fsp3) is 0. The maximum Gasteiger partial charge on any atom is 0.221 e. The zero-order chi connectivity index (χ0) is 28.8. The third-order valence-corrected chi connectivity index (χ3v) is 8.67. The van der Waals surface area contributed by atoms with Gasteiger partial charge in [0.25, 0.3) is 0 Å². The molecule has 0 unspecified atom stereocenters. The van der Waals surface area contributed by atoms with E-state index in [1.54, 1.807) is 0 Å². The Morgan fingerprint density at radius 2 is 1.09 bits per heavy atom. The average molecular weight is 566 g/mol. The SMILES string of the molecule is c1ccc2c(c1)Oc1ccccc1N2c1ccc2c3ccccc3n(-c3nc4ccccc4c4nc5ccccc5n34)c2c1. The van der Waals surface area contributed by atoms with E-state index in [2.05, 4.69) is 111 Å². The molecule has 9 aromatic rings. The van der Waals surface area contributed by atoms with Crippen LogP contribution in [0.3, 0.4) is 0 Å². The van der Waals surface area contributed by atoms with Crippen LogP contribution in [0, 0.1) is 0 Å². The largest absolute Gasteiger partial charge is 0.453 e. The Bertz CT molecular complexity index is 2570. The Morgan fingerprint density at radius 3 is 1.89 bits per heavy atom. The summed E-state index contributed by atoms with van der Waals surface area (Å²) < 4.78 is 10.8. The second-order valence-corrected chi connectivity index (χ2v) is 11.1. The van der Waals surface area contributed by atoms with Crippen molar-refractivity contribution in [3.63, 3.8) is 0 Å². The molecule has 4 heterocycles. The molecule has 6 nitrogen and oxygen atoms in total. The highest BCUT2D eigenvalue weighted by Gasteiger charge is 2.27. The molecule has 0 saturated heterocycles. The molecule has 6 heteroatoms. The number of imidazole rings is 1. The molecule has 0 radical (unpaired) electrons. The number of hydrogen-bond donors (Lipinski definition) is 0. The first-order valence-electron chi connectivity index (χ1n) is 14.7. The highest BCUT2D eigenvalue weighted by atomic mass is 16.5. The van der Waals surface area contributed by atoms with Gasteiger partial charge < -0.3 is 9.64 Å². The molecule has 206 valence electrons. The molecule has 0 aliphatic carbocycles. The van der Waals surface area contributed by atoms with Gasteiger partial charge in [-0.25, -0.2) is 9.97 Å². The lowest BCUT2D eigenvalue weighted by Gasteiger charge is -2.32. The first kappa shape index (κ1) is 23.4. The van der Waals surface area contributed by atoms with Crippen molar-refractivity contribution in [1.29, 1.82) is 0 Å². The van der Waals surface area contributed by atoms with Gasteiger partial charge in [-0.2, -0.15) is 0 Å². The number of hydrogen-bond acceptors (Lipinski definition) is 4. The fourth-order valence-corrected chi connectivity index (χ4v) is 6.77. The van der Waals surface area contributed by atoms with Crippen molar-refractivity contribution in [2.75, 3.05) is 4.90 Å². The molecule has 0 bridgehead atoms. The Morgan fingerprint density at radius 1 is 0.477 bits per heavy atom. The van der Waals surface area contributed by atoms with E-state index in [9.17, 15) is 0 Å². The minimum absolute atomic E-state index is 0.804. The number of ether oxygens (including phenoxy) is 1. The van der Waals surface area contributed by atoms with Crippen LogP contribution in [0.5, 0.6) is 11.5 Å². The van der Waals surface area contributed by atoms with Gasteiger partial charge >= 0.3 is 0 Å². The summed E-state index contributed by atoms with van der Waals surface area (Å²) in [4.78, 5) is 12.7. The highest BCUT2D eigenvalue weighted by Crippen LogP contribution is 2.50. The van der Waals surface area contributed by atoms with Gasteiger partial charge in [0.2, 0.25) is 5.95 Å². The number of para-hydroxylation sites is 8. The van der Waals surface area contributed by atoms with E-state index in [4.69, 9.17) is 14.7 Å². The Labute approximate surface area is 251 Å². The maximum atomic E-state index is 6.31. The molecular formula is C38H23N5O. The summed E-state index contributed by atoms with van der Waals surface area (Å²) in [5.74, 6) is 2.46. The predicted octanol–water partition coefficient (Wildman–Crippen LogP) is 9.71. The zero-order valence-electron chi connectivity index (χ0n) is 23.4. The lowest BCUT2D eigenvalue weighted by atomic mass is 10.1. The third kappa shape index (κ3) is 3.14. The van der Waals surface area contributed by atoms with Gasteiger partial charge in [-0.3, -0.25) is 8.97 Å². The van der Waals surface area contributed by atoms with Gasteiger partial charge in [0.05, 0.1) is 39.0 Å². The molecule has 0 saturated carbocycles. The molecule has 44 heavy (non-hydrogen) atoms. The topological polar surface area (TPSA) is 47.6 Å². The second kappa shape index (κ2) is 8.69. The zero-order valence-corrected chi connectivity index (χ0v) is 23.4. The van der Waals surface area contributed by atoms with Crippen LogP contribution in [-0.4, -0.2) is 18.9 Å². The molecule has 6 aromatic carbocycles. The summed E-state index contributed by atoms with van der Waals surface area (Å²) in [6.07, 6.45) is 0. The van der Waals surface area contributed by atoms with E-state index in [1.165, 1.54) is 5.39 Å². The summed E-state index contributed by atoms with van der Waals surface area (Å²) in [6, 6.07) is 48.2. The van der Waals surface area contributed by atoms with Crippen molar-refractivity contribution in [1.82, 2.24) is 18.9 Å². The standard InChI is InChI=1S/C38H23N5O/c1-3-13-28-27(12-1)37-39-29-14-4-6-16-31(29)43(37)38(40-28)42-30-15-5-2-11-25(30)26-22-21-24(23-34(26)42)41-32-17-7-9-19-35(32)44-36-20-10-8-18-33(36)41/h1-23H. The van der Waals surface area contributed by atoms with Gasteiger partial charge in [-0.15, -0.1) is 0 Å². The molecule has 0 atom stereocenters. The van der Waals surface area contributed by atoms with Crippen molar-refractivity contribution >= 4 is 66.5 Å². The minimum atomic E-state index is 0.804. The van der Waals surface area contributed by atoms with Crippen molar-refractivity contribution in [3.05, 3.63) is 140 Å². The molecule has 0 N–H and O–H groups in total. The Balaban J connectivity index is 1.34. The van der Waals surface area contributed by atoms with Crippen LogP contribution in [0.1, 0.15) is 0 Å². The van der Waals surface area contributed by atoms with Crippen LogP contribution in [0.4, 0.5) is 17.1 Å².